The SMILES string of the molecule is NC(=O)C1C=CN(N)c2sc3c(Cl)cccc3c21. The van der Waals surface area contributed by atoms with Gasteiger partial charge >= 0.3 is 0 Å². The van der Waals surface area contributed by atoms with Crippen molar-refractivity contribution >= 4 is 43.9 Å². The van der Waals surface area contributed by atoms with Crippen molar-refractivity contribution in [3.63, 3.8) is 0 Å². The van der Waals surface area contributed by atoms with Crippen LogP contribution >= 0.6 is 22.9 Å². The number of nitrogens with zero attached hydrogens (tertiary/aromatic N) is 1. The number of anilines is 1. The molecule has 1 atom stereocenters. The first-order valence-corrected chi connectivity index (χ1v) is 6.51. The molecule has 2 heterocycles. The third-order valence-electron chi connectivity index (χ3n) is 2.98. The van der Waals surface area contributed by atoms with Crippen LogP contribution in [0.3, 0.4) is 0 Å². The zero-order chi connectivity index (χ0) is 12.9. The summed E-state index contributed by atoms with van der Waals surface area (Å²) in [5, 5.41) is 3.90. The molecule has 1 aromatic carbocycles. The molecule has 0 bridgehead atoms. The number of fused-ring (bicyclic) bond motifs is 3. The number of hydrazine groups is 1. The van der Waals surface area contributed by atoms with Gasteiger partial charge in [0.1, 0.15) is 5.00 Å². The summed E-state index contributed by atoms with van der Waals surface area (Å²) >= 11 is 7.63. The molecular formula is C12H10ClN3OS. The van der Waals surface area contributed by atoms with Crippen LogP contribution < -0.4 is 16.6 Å². The number of amides is 1. The first-order valence-electron chi connectivity index (χ1n) is 5.32. The number of carbonyl (C=O) groups excluding carboxylic acids is 1. The van der Waals surface area contributed by atoms with Crippen LogP contribution in [0.1, 0.15) is 11.5 Å². The number of hydrogen-bond donors (Lipinski definition) is 2. The average molecular weight is 280 g/mol. The first kappa shape index (κ1) is 11.5. The van der Waals surface area contributed by atoms with E-state index in [1.165, 1.54) is 16.3 Å². The Morgan fingerprint density at radius 3 is 2.94 bits per heavy atom. The van der Waals surface area contributed by atoms with Crippen LogP contribution in [-0.4, -0.2) is 5.91 Å². The molecular weight excluding hydrogens is 270 g/mol. The van der Waals surface area contributed by atoms with Crippen LogP contribution in [0, 0.1) is 0 Å². The van der Waals surface area contributed by atoms with Gasteiger partial charge in [0.15, 0.2) is 0 Å². The van der Waals surface area contributed by atoms with Gasteiger partial charge in [-0.05, 0) is 12.1 Å². The standard InChI is InChI=1S/C12H10ClN3OS/c13-8-3-1-2-6-9-7(11(14)17)4-5-16(15)12(9)18-10(6)8/h1-5,7H,15H2,(H2,14,17). The summed E-state index contributed by atoms with van der Waals surface area (Å²) in [6, 6.07) is 5.60. The van der Waals surface area contributed by atoms with Gasteiger partial charge in [-0.1, -0.05) is 23.7 Å². The fourth-order valence-electron chi connectivity index (χ4n) is 2.16. The van der Waals surface area contributed by atoms with Gasteiger partial charge in [-0.3, -0.25) is 9.80 Å². The lowest BCUT2D eigenvalue weighted by Gasteiger charge is -2.22. The molecule has 3 rings (SSSR count). The van der Waals surface area contributed by atoms with E-state index in [0.29, 0.717) is 5.02 Å². The molecule has 0 fully saturated rings. The maximum absolute atomic E-state index is 11.5. The highest BCUT2D eigenvalue weighted by Crippen LogP contribution is 2.46. The lowest BCUT2D eigenvalue weighted by molar-refractivity contribution is -0.118. The Morgan fingerprint density at radius 1 is 1.44 bits per heavy atom. The smallest absolute Gasteiger partial charge is 0.229 e. The molecule has 1 aromatic heterocycles. The minimum atomic E-state index is -0.452. The van der Waals surface area contributed by atoms with Crippen molar-refractivity contribution in [2.45, 2.75) is 5.92 Å². The third-order valence-corrected chi connectivity index (χ3v) is 4.67. The van der Waals surface area contributed by atoms with E-state index in [0.717, 1.165) is 20.7 Å². The summed E-state index contributed by atoms with van der Waals surface area (Å²) < 4.78 is 0.926. The molecule has 0 radical (unpaired) electrons. The summed E-state index contributed by atoms with van der Waals surface area (Å²) in [6.07, 6.45) is 3.36. The van der Waals surface area contributed by atoms with E-state index in [-0.39, 0.29) is 5.91 Å². The van der Waals surface area contributed by atoms with Crippen molar-refractivity contribution in [3.05, 3.63) is 41.1 Å². The molecule has 4 N–H and O–H groups in total. The highest BCUT2D eigenvalue weighted by Gasteiger charge is 2.28. The number of carbonyl (C=O) groups is 1. The van der Waals surface area contributed by atoms with Gasteiger partial charge in [0, 0.05) is 17.1 Å². The van der Waals surface area contributed by atoms with Crippen molar-refractivity contribution < 1.29 is 4.79 Å². The van der Waals surface area contributed by atoms with Gasteiger partial charge in [0.2, 0.25) is 5.91 Å². The fraction of sp³-hybridized carbons (Fsp3) is 0.0833. The molecule has 0 saturated heterocycles. The number of hydrogen-bond acceptors (Lipinski definition) is 4. The van der Waals surface area contributed by atoms with Crippen molar-refractivity contribution in [2.75, 3.05) is 5.01 Å². The maximum atomic E-state index is 11.5. The molecule has 0 spiro atoms. The Labute approximate surface area is 112 Å². The molecule has 6 heteroatoms. The summed E-state index contributed by atoms with van der Waals surface area (Å²) in [5.74, 6) is 5.04. The fourth-order valence-corrected chi connectivity index (χ4v) is 3.61. The van der Waals surface area contributed by atoms with E-state index < -0.39 is 5.92 Å². The predicted molar refractivity (Wildman–Crippen MR) is 74.6 cm³/mol. The lowest BCUT2D eigenvalue weighted by Crippen LogP contribution is -2.30. The van der Waals surface area contributed by atoms with E-state index in [9.17, 15) is 4.79 Å². The monoisotopic (exact) mass is 279 g/mol. The average Bonchev–Trinajstić information content (AvgIpc) is 2.71. The van der Waals surface area contributed by atoms with Crippen LogP contribution in [-0.2, 0) is 4.79 Å². The summed E-state index contributed by atoms with van der Waals surface area (Å²) in [7, 11) is 0. The van der Waals surface area contributed by atoms with Crippen LogP contribution in [0.15, 0.2) is 30.5 Å². The quantitative estimate of drug-likeness (QED) is 0.787. The van der Waals surface area contributed by atoms with Crippen molar-refractivity contribution in [1.82, 2.24) is 0 Å². The van der Waals surface area contributed by atoms with Gasteiger partial charge in [0.25, 0.3) is 0 Å². The lowest BCUT2D eigenvalue weighted by atomic mass is 9.95. The van der Waals surface area contributed by atoms with Crippen molar-refractivity contribution in [1.29, 1.82) is 0 Å². The predicted octanol–water partition coefficient (Wildman–Crippen LogP) is 2.33. The normalized spacial score (nSPS) is 18.1. The highest BCUT2D eigenvalue weighted by molar-refractivity contribution is 7.23. The van der Waals surface area contributed by atoms with E-state index >= 15 is 0 Å². The molecule has 1 aliphatic rings. The minimum Gasteiger partial charge on any atom is -0.369 e. The molecule has 2 aromatic rings. The van der Waals surface area contributed by atoms with E-state index in [1.807, 2.05) is 18.2 Å². The van der Waals surface area contributed by atoms with Gasteiger partial charge in [-0.2, -0.15) is 0 Å². The number of benzene rings is 1. The Kier molecular flexibility index (Phi) is 2.55. The summed E-state index contributed by atoms with van der Waals surface area (Å²) in [5.41, 5.74) is 6.28. The van der Waals surface area contributed by atoms with Crippen molar-refractivity contribution in [2.24, 2.45) is 11.6 Å². The van der Waals surface area contributed by atoms with Gasteiger partial charge in [-0.25, -0.2) is 5.84 Å². The van der Waals surface area contributed by atoms with Gasteiger partial charge < -0.3 is 5.73 Å². The van der Waals surface area contributed by atoms with Crippen LogP contribution in [0.2, 0.25) is 5.02 Å². The molecule has 4 nitrogen and oxygen atoms in total. The van der Waals surface area contributed by atoms with Gasteiger partial charge in [0.05, 0.1) is 15.6 Å². The van der Waals surface area contributed by atoms with E-state index in [4.69, 9.17) is 23.2 Å². The Morgan fingerprint density at radius 2 is 2.22 bits per heavy atom. The molecule has 1 amide bonds. The third kappa shape index (κ3) is 1.52. The summed E-state index contributed by atoms with van der Waals surface area (Å²) in [6.45, 7) is 0. The largest absolute Gasteiger partial charge is 0.369 e. The van der Waals surface area contributed by atoms with Crippen LogP contribution in [0.4, 0.5) is 5.00 Å². The number of nitrogens with two attached hydrogens (primary N) is 2. The Hall–Kier alpha value is -1.56. The van der Waals surface area contributed by atoms with Crippen LogP contribution in [0.25, 0.3) is 10.1 Å². The maximum Gasteiger partial charge on any atom is 0.229 e. The second-order valence-electron chi connectivity index (χ2n) is 4.07. The number of rotatable bonds is 1. The molecule has 0 aliphatic carbocycles. The topological polar surface area (TPSA) is 72.4 Å². The number of primary amides is 1. The minimum absolute atomic E-state index is 0.389. The highest BCUT2D eigenvalue weighted by atomic mass is 35.5. The second-order valence-corrected chi connectivity index (χ2v) is 5.47. The molecule has 18 heavy (non-hydrogen) atoms. The van der Waals surface area contributed by atoms with E-state index in [1.54, 1.807) is 12.3 Å². The van der Waals surface area contributed by atoms with Crippen molar-refractivity contribution in [3.8, 4) is 0 Å². The second kappa shape index (κ2) is 3.98. The number of thiophene rings is 1. The van der Waals surface area contributed by atoms with Gasteiger partial charge in [-0.15, -0.1) is 11.3 Å². The zero-order valence-electron chi connectivity index (χ0n) is 9.26. The molecule has 92 valence electrons. The zero-order valence-corrected chi connectivity index (χ0v) is 10.8. The Bertz CT molecular complexity index is 679. The molecule has 0 saturated carbocycles. The Balaban J connectivity index is 2.36. The summed E-state index contributed by atoms with van der Waals surface area (Å²) in [4.78, 5) is 11.5. The van der Waals surface area contributed by atoms with E-state index in [2.05, 4.69) is 0 Å². The molecule has 1 unspecified atom stereocenters. The number of halogens is 1. The molecule has 1 aliphatic heterocycles. The van der Waals surface area contributed by atoms with Crippen LogP contribution in [0.5, 0.6) is 0 Å². The first-order chi connectivity index (χ1) is 8.59.